The predicted octanol–water partition coefficient (Wildman–Crippen LogP) is 20.7. The predicted molar refractivity (Wildman–Crippen MR) is 319 cm³/mol. The number of nitrogens with zero attached hydrogens (tertiary/aromatic N) is 2. The zero-order valence-electron chi connectivity index (χ0n) is 43.7. The van der Waals surface area contributed by atoms with Crippen LogP contribution in [0.15, 0.2) is 218 Å². The van der Waals surface area contributed by atoms with E-state index in [1.165, 1.54) is 121 Å². The van der Waals surface area contributed by atoms with Gasteiger partial charge in [0.05, 0.1) is 0 Å². The van der Waals surface area contributed by atoms with Crippen molar-refractivity contribution in [3.05, 3.63) is 263 Å². The second kappa shape index (κ2) is 18.7. The van der Waals surface area contributed by atoms with E-state index < -0.39 is 0 Å². The molecule has 0 spiro atoms. The summed E-state index contributed by atoms with van der Waals surface area (Å²) < 4.78 is 0. The van der Waals surface area contributed by atoms with Gasteiger partial charge in [0, 0.05) is 34.1 Å². The molecule has 0 radical (unpaired) electrons. The number of anilines is 6. The third kappa shape index (κ3) is 8.37. The summed E-state index contributed by atoms with van der Waals surface area (Å²) >= 11 is 0. The minimum atomic E-state index is 1.11. The maximum Gasteiger partial charge on any atom is 0.0462 e. The Morgan fingerprint density at radius 2 is 0.500 bits per heavy atom. The molecule has 0 aliphatic rings. The second-order valence-electron chi connectivity index (χ2n) is 20.7. The van der Waals surface area contributed by atoms with Gasteiger partial charge in [-0.05, 0) is 264 Å². The van der Waals surface area contributed by atoms with Crippen LogP contribution in [0.2, 0.25) is 0 Å². The standard InChI is InChI=1S/C72H60N2/c1-45-15-27-59(28-16-45)73(60-29-17-46(2)18-30-60)63-35-23-53(24-36-63)65-41-57-39-56(70-51(7)13-10-14-52(70)8)44-68-66(42-58-40-55(43-67(65)71(58)72(57)68)69-49(5)11-9-12-50(69)6)54-25-37-64(38-26-54)74(61-31-19-47(3)20-32-61)62-33-21-48(4)22-34-62/h9-44H,1-8H3. The molecule has 0 aromatic heterocycles. The van der Waals surface area contributed by atoms with E-state index >= 15 is 0 Å². The highest BCUT2D eigenvalue weighted by atomic mass is 15.1. The molecule has 74 heavy (non-hydrogen) atoms. The highest BCUT2D eigenvalue weighted by molar-refractivity contribution is 6.30. The molecule has 0 amide bonds. The molecule has 0 bridgehead atoms. The molecule has 2 nitrogen and oxygen atoms in total. The van der Waals surface area contributed by atoms with Gasteiger partial charge in [-0.15, -0.1) is 0 Å². The lowest BCUT2D eigenvalue weighted by molar-refractivity contribution is 1.27. The van der Waals surface area contributed by atoms with Gasteiger partial charge in [0.2, 0.25) is 0 Å². The SMILES string of the molecule is Cc1ccc(N(c2ccc(C)cc2)c2ccc(-c3cc4cc(-c5c(C)cccc5C)cc5c(-c6ccc(N(c7ccc(C)cc7)c7ccc(C)cc7)cc6)cc6cc(-c7c(C)cccc7C)cc3c6c45)cc2)cc1. The van der Waals surface area contributed by atoms with Crippen LogP contribution >= 0.6 is 0 Å². The maximum absolute atomic E-state index is 2.48. The number of aryl methyl sites for hydroxylation is 8. The second-order valence-corrected chi connectivity index (χ2v) is 20.7. The molecule has 0 saturated heterocycles. The van der Waals surface area contributed by atoms with Crippen LogP contribution in [-0.2, 0) is 0 Å². The lowest BCUT2D eigenvalue weighted by Gasteiger charge is -2.26. The van der Waals surface area contributed by atoms with Crippen molar-refractivity contribution in [2.24, 2.45) is 0 Å². The van der Waals surface area contributed by atoms with Crippen molar-refractivity contribution in [3.8, 4) is 44.5 Å². The number of benzene rings is 12. The van der Waals surface area contributed by atoms with Crippen molar-refractivity contribution in [1.29, 1.82) is 0 Å². The van der Waals surface area contributed by atoms with Crippen LogP contribution in [0.1, 0.15) is 44.5 Å². The molecule has 12 rings (SSSR count). The number of hydrogen-bond acceptors (Lipinski definition) is 2. The Labute approximate surface area is 436 Å². The van der Waals surface area contributed by atoms with Crippen LogP contribution in [0.4, 0.5) is 34.1 Å². The Morgan fingerprint density at radius 3 is 0.770 bits per heavy atom. The molecule has 0 atom stereocenters. The van der Waals surface area contributed by atoms with Crippen LogP contribution in [0.25, 0.3) is 76.8 Å². The van der Waals surface area contributed by atoms with Crippen LogP contribution in [0.5, 0.6) is 0 Å². The van der Waals surface area contributed by atoms with Gasteiger partial charge in [-0.2, -0.15) is 0 Å². The molecule has 0 saturated carbocycles. The maximum atomic E-state index is 2.48. The Bertz CT molecular complexity index is 3630. The van der Waals surface area contributed by atoms with E-state index in [1.54, 1.807) is 0 Å². The third-order valence-corrected chi connectivity index (χ3v) is 15.3. The topological polar surface area (TPSA) is 6.48 Å². The average Bonchev–Trinajstić information content (AvgIpc) is 3.41. The van der Waals surface area contributed by atoms with Crippen LogP contribution in [0, 0.1) is 55.4 Å². The molecule has 0 N–H and O–H groups in total. The van der Waals surface area contributed by atoms with Crippen molar-refractivity contribution in [2.45, 2.75) is 55.4 Å². The summed E-state index contributed by atoms with van der Waals surface area (Å²) in [5.41, 5.74) is 26.7. The summed E-state index contributed by atoms with van der Waals surface area (Å²) in [5.74, 6) is 0. The van der Waals surface area contributed by atoms with Gasteiger partial charge < -0.3 is 9.80 Å². The molecule has 0 aliphatic heterocycles. The van der Waals surface area contributed by atoms with Crippen LogP contribution in [-0.4, -0.2) is 0 Å². The molecule has 0 heterocycles. The van der Waals surface area contributed by atoms with Gasteiger partial charge in [0.25, 0.3) is 0 Å². The Kier molecular flexibility index (Phi) is 11.7. The van der Waals surface area contributed by atoms with Gasteiger partial charge in [-0.1, -0.05) is 131 Å². The molecule has 0 fully saturated rings. The highest BCUT2D eigenvalue weighted by Crippen LogP contribution is 2.49. The minimum Gasteiger partial charge on any atom is -0.311 e. The van der Waals surface area contributed by atoms with Crippen molar-refractivity contribution >= 4 is 66.4 Å². The average molecular weight is 953 g/mol. The molecule has 2 heteroatoms. The Morgan fingerprint density at radius 1 is 0.243 bits per heavy atom. The lowest BCUT2D eigenvalue weighted by Crippen LogP contribution is -2.09. The van der Waals surface area contributed by atoms with Gasteiger partial charge in [-0.25, -0.2) is 0 Å². The van der Waals surface area contributed by atoms with Crippen molar-refractivity contribution in [2.75, 3.05) is 9.80 Å². The first kappa shape index (κ1) is 46.4. The summed E-state index contributed by atoms with van der Waals surface area (Å²) in [5, 5.41) is 7.58. The Hall–Kier alpha value is -8.72. The number of rotatable bonds is 10. The van der Waals surface area contributed by atoms with Crippen molar-refractivity contribution < 1.29 is 0 Å². The van der Waals surface area contributed by atoms with E-state index in [0.29, 0.717) is 0 Å². The normalized spacial score (nSPS) is 11.5. The fourth-order valence-corrected chi connectivity index (χ4v) is 11.6. The van der Waals surface area contributed by atoms with Gasteiger partial charge in [-0.3, -0.25) is 0 Å². The lowest BCUT2D eigenvalue weighted by atomic mass is 9.82. The largest absolute Gasteiger partial charge is 0.311 e. The van der Waals surface area contributed by atoms with E-state index in [1.807, 2.05) is 0 Å². The minimum absolute atomic E-state index is 1.11. The van der Waals surface area contributed by atoms with Gasteiger partial charge in [0.15, 0.2) is 0 Å². The summed E-state index contributed by atoms with van der Waals surface area (Å²) in [6.07, 6.45) is 0. The van der Waals surface area contributed by atoms with E-state index in [4.69, 9.17) is 0 Å². The third-order valence-electron chi connectivity index (χ3n) is 15.3. The first-order chi connectivity index (χ1) is 35.9. The fourth-order valence-electron chi connectivity index (χ4n) is 11.6. The Balaban J connectivity index is 1.10. The molecule has 12 aromatic rings. The summed E-state index contributed by atoms with van der Waals surface area (Å²) in [7, 11) is 0. The van der Waals surface area contributed by atoms with E-state index in [0.717, 1.165) is 34.1 Å². The number of hydrogen-bond donors (Lipinski definition) is 0. The highest BCUT2D eigenvalue weighted by Gasteiger charge is 2.23. The zero-order valence-corrected chi connectivity index (χ0v) is 43.7. The molecule has 12 aromatic carbocycles. The molecular weight excluding hydrogens is 893 g/mol. The van der Waals surface area contributed by atoms with E-state index in [9.17, 15) is 0 Å². The van der Waals surface area contributed by atoms with Crippen LogP contribution in [0.3, 0.4) is 0 Å². The van der Waals surface area contributed by atoms with E-state index in [-0.39, 0.29) is 0 Å². The van der Waals surface area contributed by atoms with Gasteiger partial charge in [0.1, 0.15) is 0 Å². The van der Waals surface area contributed by atoms with Crippen molar-refractivity contribution in [3.63, 3.8) is 0 Å². The molecule has 0 aliphatic carbocycles. The fraction of sp³-hybridized carbons (Fsp3) is 0.111. The molecular formula is C72H60N2. The zero-order chi connectivity index (χ0) is 50.8. The quantitative estimate of drug-likeness (QED) is 0.126. The van der Waals surface area contributed by atoms with Gasteiger partial charge >= 0.3 is 0 Å². The first-order valence-electron chi connectivity index (χ1n) is 26.0. The van der Waals surface area contributed by atoms with Crippen molar-refractivity contribution in [1.82, 2.24) is 0 Å². The van der Waals surface area contributed by atoms with E-state index in [2.05, 4.69) is 284 Å². The smallest absolute Gasteiger partial charge is 0.0462 e. The summed E-state index contributed by atoms with van der Waals surface area (Å²) in [6.45, 7) is 17.6. The summed E-state index contributed by atoms with van der Waals surface area (Å²) in [6, 6.07) is 82.1. The molecule has 358 valence electrons. The first-order valence-corrected chi connectivity index (χ1v) is 26.0. The summed E-state index contributed by atoms with van der Waals surface area (Å²) in [4.78, 5) is 4.72. The molecule has 0 unspecified atom stereocenters. The van der Waals surface area contributed by atoms with Crippen LogP contribution < -0.4 is 9.80 Å². The monoisotopic (exact) mass is 952 g/mol.